The summed E-state index contributed by atoms with van der Waals surface area (Å²) in [5, 5.41) is 3.38. The Balaban J connectivity index is 1.59. The second-order valence-corrected chi connectivity index (χ2v) is 7.24. The highest BCUT2D eigenvalue weighted by molar-refractivity contribution is 7.99. The van der Waals surface area contributed by atoms with Crippen molar-refractivity contribution < 1.29 is 19.1 Å². The number of benzene rings is 2. The van der Waals surface area contributed by atoms with Gasteiger partial charge in [0, 0.05) is 12.5 Å². The van der Waals surface area contributed by atoms with Crippen LogP contribution < -0.4 is 10.1 Å². The fourth-order valence-electron chi connectivity index (χ4n) is 2.85. The second kappa shape index (κ2) is 9.97. The van der Waals surface area contributed by atoms with E-state index in [1.54, 1.807) is 0 Å². The lowest BCUT2D eigenvalue weighted by Gasteiger charge is -2.16. The average molecular weight is 413 g/mol. The predicted molar refractivity (Wildman–Crippen MR) is 112 cm³/mol. The molecule has 1 aromatic heterocycles. The largest absolute Gasteiger partial charge is 0.494 e. The lowest BCUT2D eigenvalue weighted by atomic mass is 10.1. The third kappa shape index (κ3) is 5.74. The number of H-pyrrole nitrogens is 1. The van der Waals surface area contributed by atoms with Gasteiger partial charge in [0.15, 0.2) is 5.16 Å². The molecule has 3 rings (SSSR count). The van der Waals surface area contributed by atoms with Crippen molar-refractivity contribution in [2.24, 2.45) is 0 Å². The van der Waals surface area contributed by atoms with E-state index < -0.39 is 12.0 Å². The van der Waals surface area contributed by atoms with Crippen LogP contribution in [0.3, 0.4) is 0 Å². The van der Waals surface area contributed by atoms with Crippen molar-refractivity contribution in [1.82, 2.24) is 15.3 Å². The first-order valence-corrected chi connectivity index (χ1v) is 10.2. The average Bonchev–Trinajstić information content (AvgIpc) is 3.14. The number of aromatic nitrogens is 2. The lowest BCUT2D eigenvalue weighted by molar-refractivity contribution is -0.144. The molecule has 152 valence electrons. The molecule has 0 aliphatic rings. The maximum Gasteiger partial charge on any atom is 0.328 e. The van der Waals surface area contributed by atoms with Gasteiger partial charge in [-0.3, -0.25) is 4.79 Å². The normalized spacial score (nSPS) is 11.8. The van der Waals surface area contributed by atoms with Gasteiger partial charge in [-0.1, -0.05) is 42.1 Å². The number of nitrogens with one attached hydrogen (secondary N) is 2. The van der Waals surface area contributed by atoms with Gasteiger partial charge in [0.25, 0.3) is 0 Å². The molecule has 0 saturated heterocycles. The Hall–Kier alpha value is -3.00. The summed E-state index contributed by atoms with van der Waals surface area (Å²) in [7, 11) is 1.31. The van der Waals surface area contributed by atoms with Gasteiger partial charge >= 0.3 is 5.97 Å². The van der Waals surface area contributed by atoms with Crippen molar-refractivity contribution in [1.29, 1.82) is 0 Å². The quantitative estimate of drug-likeness (QED) is 0.414. The molecule has 1 amide bonds. The third-order valence-electron chi connectivity index (χ3n) is 4.19. The van der Waals surface area contributed by atoms with Crippen molar-refractivity contribution in [3.8, 4) is 5.75 Å². The van der Waals surface area contributed by atoms with Gasteiger partial charge < -0.3 is 19.8 Å². The first kappa shape index (κ1) is 20.7. The minimum Gasteiger partial charge on any atom is -0.494 e. The number of hydrogen-bond donors (Lipinski definition) is 2. The van der Waals surface area contributed by atoms with E-state index in [9.17, 15) is 9.59 Å². The summed E-state index contributed by atoms with van der Waals surface area (Å²) in [6.07, 6.45) is 0.370. The molecule has 0 spiro atoms. The summed E-state index contributed by atoms with van der Waals surface area (Å²) in [6, 6.07) is 14.4. The topological polar surface area (TPSA) is 93.3 Å². The fourth-order valence-corrected chi connectivity index (χ4v) is 3.54. The Labute approximate surface area is 173 Å². The Morgan fingerprint density at radius 3 is 2.72 bits per heavy atom. The van der Waals surface area contributed by atoms with E-state index in [4.69, 9.17) is 9.47 Å². The summed E-state index contributed by atoms with van der Waals surface area (Å²) in [5.41, 5.74) is 2.58. The van der Waals surface area contributed by atoms with Crippen LogP contribution in [0, 0.1) is 0 Å². The summed E-state index contributed by atoms with van der Waals surface area (Å²) >= 11 is 1.27. The predicted octanol–water partition coefficient (Wildman–Crippen LogP) is 2.95. The number of carbonyl (C=O) groups is 2. The molecule has 8 heteroatoms. The van der Waals surface area contributed by atoms with Crippen LogP contribution in [0.5, 0.6) is 5.75 Å². The van der Waals surface area contributed by atoms with Gasteiger partial charge in [0.05, 0.1) is 30.5 Å². The van der Waals surface area contributed by atoms with Crippen LogP contribution in [-0.2, 0) is 20.7 Å². The number of carbonyl (C=O) groups excluding carboxylic acids is 2. The fraction of sp³-hybridized carbons (Fsp3) is 0.286. The van der Waals surface area contributed by atoms with E-state index in [1.807, 2.05) is 55.5 Å². The van der Waals surface area contributed by atoms with Gasteiger partial charge in [-0.05, 0) is 24.6 Å². The molecule has 2 N–H and O–H groups in total. The van der Waals surface area contributed by atoms with Gasteiger partial charge in [0.2, 0.25) is 5.91 Å². The summed E-state index contributed by atoms with van der Waals surface area (Å²) in [5.74, 6) is 0.149. The monoisotopic (exact) mass is 413 g/mol. The van der Waals surface area contributed by atoms with E-state index >= 15 is 0 Å². The molecule has 2 aromatic carbocycles. The SMILES string of the molecule is CCOc1ccc2nc(SCC(=O)N[C@H](Cc3ccccc3)C(=O)OC)[nH]c2c1. The number of amides is 1. The van der Waals surface area contributed by atoms with E-state index in [2.05, 4.69) is 15.3 Å². The zero-order chi connectivity index (χ0) is 20.6. The van der Waals surface area contributed by atoms with Crippen molar-refractivity contribution in [3.05, 3.63) is 54.1 Å². The Morgan fingerprint density at radius 2 is 2.00 bits per heavy atom. The number of imidazole rings is 1. The molecule has 0 aliphatic heterocycles. The standard InChI is InChI=1S/C21H23N3O4S/c1-3-28-15-9-10-16-17(12-15)24-21(23-16)29-13-19(25)22-18(20(26)27-2)11-14-7-5-4-6-8-14/h4-10,12,18H,3,11,13H2,1-2H3,(H,22,25)(H,23,24)/t18-/m1/s1. The number of fused-ring (bicyclic) bond motifs is 1. The molecule has 29 heavy (non-hydrogen) atoms. The molecule has 7 nitrogen and oxygen atoms in total. The molecule has 0 unspecified atom stereocenters. The minimum atomic E-state index is -0.736. The second-order valence-electron chi connectivity index (χ2n) is 6.28. The maximum absolute atomic E-state index is 12.4. The summed E-state index contributed by atoms with van der Waals surface area (Å²) < 4.78 is 10.3. The highest BCUT2D eigenvalue weighted by atomic mass is 32.2. The Morgan fingerprint density at radius 1 is 1.21 bits per heavy atom. The molecule has 0 saturated carbocycles. The Bertz CT molecular complexity index is 974. The molecule has 1 atom stereocenters. The number of ether oxygens (including phenoxy) is 2. The maximum atomic E-state index is 12.4. The van der Waals surface area contributed by atoms with Gasteiger partial charge in [0.1, 0.15) is 11.8 Å². The first-order chi connectivity index (χ1) is 14.1. The lowest BCUT2D eigenvalue weighted by Crippen LogP contribution is -2.43. The van der Waals surface area contributed by atoms with Crippen molar-refractivity contribution in [3.63, 3.8) is 0 Å². The van der Waals surface area contributed by atoms with Crippen molar-refractivity contribution in [2.75, 3.05) is 19.5 Å². The highest BCUT2D eigenvalue weighted by Crippen LogP contribution is 2.23. The van der Waals surface area contributed by atoms with Gasteiger partial charge in [-0.2, -0.15) is 0 Å². The van der Waals surface area contributed by atoms with Crippen molar-refractivity contribution >= 4 is 34.7 Å². The summed E-state index contributed by atoms with van der Waals surface area (Å²) in [4.78, 5) is 32.1. The minimum absolute atomic E-state index is 0.125. The molecule has 1 heterocycles. The number of methoxy groups -OCH3 is 1. The van der Waals surface area contributed by atoms with Crippen molar-refractivity contribution in [2.45, 2.75) is 24.5 Å². The van der Waals surface area contributed by atoms with E-state index in [1.165, 1.54) is 18.9 Å². The zero-order valence-electron chi connectivity index (χ0n) is 16.3. The van der Waals surface area contributed by atoms with Crippen LogP contribution in [-0.4, -0.2) is 47.4 Å². The number of hydrogen-bond acceptors (Lipinski definition) is 6. The summed E-state index contributed by atoms with van der Waals surface area (Å²) in [6.45, 7) is 2.52. The van der Waals surface area contributed by atoms with Gasteiger partial charge in [-0.25, -0.2) is 9.78 Å². The molecular weight excluding hydrogens is 390 g/mol. The van der Waals surface area contributed by atoms with Crippen LogP contribution in [0.15, 0.2) is 53.7 Å². The molecule has 0 aliphatic carbocycles. The smallest absolute Gasteiger partial charge is 0.328 e. The van der Waals surface area contributed by atoms with Gasteiger partial charge in [-0.15, -0.1) is 0 Å². The van der Waals surface area contributed by atoms with E-state index in [-0.39, 0.29) is 11.7 Å². The molecule has 0 bridgehead atoms. The molecule has 0 fully saturated rings. The van der Waals surface area contributed by atoms with Crippen LogP contribution in [0.4, 0.5) is 0 Å². The first-order valence-electron chi connectivity index (χ1n) is 9.25. The number of aromatic amines is 1. The Kier molecular flexibility index (Phi) is 7.13. The molecule has 3 aromatic rings. The number of thioether (sulfide) groups is 1. The van der Waals surface area contributed by atoms with Crippen LogP contribution in [0.1, 0.15) is 12.5 Å². The number of esters is 1. The molecule has 0 radical (unpaired) electrons. The van der Waals surface area contributed by atoms with E-state index in [0.717, 1.165) is 22.3 Å². The molecular formula is C21H23N3O4S. The highest BCUT2D eigenvalue weighted by Gasteiger charge is 2.22. The van der Waals surface area contributed by atoms with Crippen LogP contribution in [0.25, 0.3) is 11.0 Å². The van der Waals surface area contributed by atoms with E-state index in [0.29, 0.717) is 18.2 Å². The van der Waals surface area contributed by atoms with Crippen LogP contribution >= 0.6 is 11.8 Å². The third-order valence-corrected chi connectivity index (χ3v) is 5.06. The zero-order valence-corrected chi connectivity index (χ0v) is 17.1. The van der Waals surface area contributed by atoms with Crippen LogP contribution in [0.2, 0.25) is 0 Å². The number of nitrogens with zero attached hydrogens (tertiary/aromatic N) is 1. The number of rotatable bonds is 9.